The van der Waals surface area contributed by atoms with Crippen molar-refractivity contribution in [3.05, 3.63) is 63.1 Å². The monoisotopic (exact) mass is 371 g/mol. The van der Waals surface area contributed by atoms with Crippen molar-refractivity contribution in [3.63, 3.8) is 0 Å². The fraction of sp³-hybridized carbons (Fsp3) is 0.111. The van der Waals surface area contributed by atoms with Crippen LogP contribution in [0, 0.1) is 0 Å². The molecule has 120 valence electrons. The predicted molar refractivity (Wildman–Crippen MR) is 101 cm³/mol. The first-order chi connectivity index (χ1) is 11.8. The van der Waals surface area contributed by atoms with Crippen LogP contribution in [0.1, 0.15) is 11.3 Å². The van der Waals surface area contributed by atoms with Crippen molar-refractivity contribution in [1.29, 1.82) is 0 Å². The molecule has 0 N–H and O–H groups in total. The third-order valence-corrected chi connectivity index (χ3v) is 6.23. The molecule has 0 saturated heterocycles. The van der Waals surface area contributed by atoms with Crippen LogP contribution in [0.5, 0.6) is 0 Å². The molecule has 4 aromatic rings. The van der Waals surface area contributed by atoms with Gasteiger partial charge in [-0.05, 0) is 28.3 Å². The number of hydrogen-bond acceptors (Lipinski definition) is 6. The van der Waals surface area contributed by atoms with Gasteiger partial charge in [0.1, 0.15) is 11.6 Å². The minimum atomic E-state index is -0.243. The van der Waals surface area contributed by atoms with Crippen LogP contribution in [0.25, 0.3) is 20.7 Å². The lowest BCUT2D eigenvalue weighted by Crippen LogP contribution is -2.08. The molecule has 0 unspecified atom stereocenters. The molecule has 24 heavy (non-hydrogen) atoms. The highest BCUT2D eigenvalue weighted by Gasteiger charge is 2.12. The molecular weight excluding hydrogens is 358 g/mol. The number of ether oxygens (including phenoxy) is 1. The minimum Gasteiger partial charge on any atom is -0.460 e. The molecule has 0 aliphatic carbocycles. The Morgan fingerprint density at radius 3 is 2.88 bits per heavy atom. The molecule has 4 rings (SSSR count). The van der Waals surface area contributed by atoms with Gasteiger partial charge in [-0.15, -0.1) is 22.7 Å². The number of esters is 1. The van der Waals surface area contributed by atoms with Crippen LogP contribution in [0.3, 0.4) is 0 Å². The van der Waals surface area contributed by atoms with Gasteiger partial charge < -0.3 is 4.74 Å². The second kappa shape index (κ2) is 6.84. The van der Waals surface area contributed by atoms with E-state index in [1.54, 1.807) is 34.0 Å². The van der Waals surface area contributed by atoms with E-state index in [0.29, 0.717) is 6.61 Å². The number of rotatable bonds is 5. The zero-order chi connectivity index (χ0) is 16.4. The number of carbonyl (C=O) groups is 1. The van der Waals surface area contributed by atoms with Crippen molar-refractivity contribution in [2.75, 3.05) is 0 Å². The first-order valence-corrected chi connectivity index (χ1v) is 10.1. The van der Waals surface area contributed by atoms with E-state index in [2.05, 4.69) is 27.9 Å². The first-order valence-electron chi connectivity index (χ1n) is 7.37. The number of aromatic nitrogens is 1. The van der Waals surface area contributed by atoms with Crippen LogP contribution in [0.4, 0.5) is 0 Å². The minimum absolute atomic E-state index is 0.211. The Bertz CT molecular complexity index is 969. The zero-order valence-corrected chi connectivity index (χ0v) is 15.0. The molecule has 0 aliphatic heterocycles. The third-order valence-electron chi connectivity index (χ3n) is 3.60. The molecule has 0 fully saturated rings. The van der Waals surface area contributed by atoms with Gasteiger partial charge >= 0.3 is 5.97 Å². The van der Waals surface area contributed by atoms with E-state index in [-0.39, 0.29) is 12.4 Å². The third kappa shape index (κ3) is 3.26. The van der Waals surface area contributed by atoms with E-state index in [1.165, 1.54) is 4.70 Å². The highest BCUT2D eigenvalue weighted by molar-refractivity contribution is 7.17. The zero-order valence-electron chi connectivity index (χ0n) is 12.6. The van der Waals surface area contributed by atoms with Crippen molar-refractivity contribution >= 4 is 50.1 Å². The number of nitrogens with zero attached hydrogens (tertiary/aromatic N) is 1. The summed E-state index contributed by atoms with van der Waals surface area (Å²) in [7, 11) is 0. The van der Waals surface area contributed by atoms with Crippen molar-refractivity contribution in [2.24, 2.45) is 0 Å². The van der Waals surface area contributed by atoms with Crippen molar-refractivity contribution in [1.82, 2.24) is 4.98 Å². The lowest BCUT2D eigenvalue weighted by atomic mass is 10.2. The number of thiazole rings is 1. The van der Waals surface area contributed by atoms with E-state index in [1.807, 2.05) is 29.0 Å². The summed E-state index contributed by atoms with van der Waals surface area (Å²) in [5, 5.41) is 10.2. The molecule has 0 bridgehead atoms. The highest BCUT2D eigenvalue weighted by atomic mass is 32.1. The van der Waals surface area contributed by atoms with E-state index < -0.39 is 0 Å². The Hall–Kier alpha value is -2.02. The molecule has 1 aromatic carbocycles. The van der Waals surface area contributed by atoms with Crippen molar-refractivity contribution in [3.8, 4) is 10.6 Å². The Kier molecular flexibility index (Phi) is 4.42. The number of carbonyl (C=O) groups excluding carboxylic acids is 1. The average molecular weight is 372 g/mol. The first kappa shape index (κ1) is 15.5. The van der Waals surface area contributed by atoms with Crippen LogP contribution < -0.4 is 0 Å². The van der Waals surface area contributed by atoms with E-state index in [0.717, 1.165) is 27.2 Å². The lowest BCUT2D eigenvalue weighted by Gasteiger charge is -2.03. The Morgan fingerprint density at radius 1 is 1.08 bits per heavy atom. The normalized spacial score (nSPS) is 11.0. The van der Waals surface area contributed by atoms with E-state index >= 15 is 0 Å². The smallest absolute Gasteiger partial charge is 0.312 e. The lowest BCUT2D eigenvalue weighted by molar-refractivity contribution is -0.144. The van der Waals surface area contributed by atoms with Crippen LogP contribution in [-0.4, -0.2) is 11.0 Å². The molecule has 3 aromatic heterocycles. The summed E-state index contributed by atoms with van der Waals surface area (Å²) in [6, 6.07) is 10.2. The molecule has 0 spiro atoms. The quantitative estimate of drug-likeness (QED) is 0.443. The van der Waals surface area contributed by atoms with Gasteiger partial charge in [-0.25, -0.2) is 4.98 Å². The molecule has 0 amide bonds. The summed E-state index contributed by atoms with van der Waals surface area (Å²) in [4.78, 5) is 16.6. The Labute approximate surface area is 151 Å². The van der Waals surface area contributed by atoms with E-state index in [4.69, 9.17) is 4.74 Å². The summed E-state index contributed by atoms with van der Waals surface area (Å²) in [5.41, 5.74) is 2.93. The maximum Gasteiger partial charge on any atom is 0.312 e. The average Bonchev–Trinajstić information content (AvgIpc) is 3.33. The Morgan fingerprint density at radius 2 is 2.00 bits per heavy atom. The molecule has 6 heteroatoms. The van der Waals surface area contributed by atoms with E-state index in [9.17, 15) is 4.79 Å². The SMILES string of the molecule is O=C(Cc1csc(-c2ccsc2)n1)OCc1csc2ccccc12. The van der Waals surface area contributed by atoms with Gasteiger partial charge in [0.2, 0.25) is 0 Å². The largest absolute Gasteiger partial charge is 0.460 e. The topological polar surface area (TPSA) is 39.2 Å². The van der Waals surface area contributed by atoms with Crippen LogP contribution in [0.2, 0.25) is 0 Å². The number of hydrogen-bond donors (Lipinski definition) is 0. The van der Waals surface area contributed by atoms with Gasteiger partial charge in [0.15, 0.2) is 0 Å². The molecule has 0 saturated carbocycles. The Balaban J connectivity index is 1.38. The molecule has 3 nitrogen and oxygen atoms in total. The fourth-order valence-electron chi connectivity index (χ4n) is 2.41. The van der Waals surface area contributed by atoms with Crippen molar-refractivity contribution in [2.45, 2.75) is 13.0 Å². The number of benzene rings is 1. The summed E-state index contributed by atoms with van der Waals surface area (Å²) in [6.07, 6.45) is 0.211. The van der Waals surface area contributed by atoms with Gasteiger partial charge in [-0.3, -0.25) is 4.79 Å². The van der Waals surface area contributed by atoms with Crippen LogP contribution in [-0.2, 0) is 22.6 Å². The summed E-state index contributed by atoms with van der Waals surface area (Å²) >= 11 is 4.87. The van der Waals surface area contributed by atoms with Crippen LogP contribution >= 0.6 is 34.0 Å². The molecule has 0 aliphatic rings. The van der Waals surface area contributed by atoms with Crippen LogP contribution in [0.15, 0.2) is 51.9 Å². The van der Waals surface area contributed by atoms with Gasteiger partial charge in [-0.1, -0.05) is 18.2 Å². The van der Waals surface area contributed by atoms with Gasteiger partial charge in [0.05, 0.1) is 12.1 Å². The molecule has 0 radical (unpaired) electrons. The maximum absolute atomic E-state index is 12.1. The molecule has 0 atom stereocenters. The second-order valence-electron chi connectivity index (χ2n) is 5.25. The maximum atomic E-state index is 12.1. The fourth-order valence-corrected chi connectivity index (χ4v) is 4.89. The summed E-state index contributed by atoms with van der Waals surface area (Å²) in [6.45, 7) is 0.310. The molecular formula is C18H13NO2S3. The predicted octanol–water partition coefficient (Wildman–Crippen LogP) is 5.37. The summed E-state index contributed by atoms with van der Waals surface area (Å²) in [5.74, 6) is -0.243. The number of fused-ring (bicyclic) bond motifs is 1. The molecule has 3 heterocycles. The van der Waals surface area contributed by atoms with Crippen molar-refractivity contribution < 1.29 is 9.53 Å². The number of thiophene rings is 2. The van der Waals surface area contributed by atoms with Gasteiger partial charge in [-0.2, -0.15) is 11.3 Å². The van der Waals surface area contributed by atoms with Gasteiger partial charge in [0.25, 0.3) is 0 Å². The summed E-state index contributed by atoms with van der Waals surface area (Å²) < 4.78 is 6.64. The second-order valence-corrected chi connectivity index (χ2v) is 7.80. The highest BCUT2D eigenvalue weighted by Crippen LogP contribution is 2.27. The standard InChI is InChI=1S/C18H13NO2S3/c20-17(7-14-11-24-18(19-14)12-5-6-22-9-12)21-8-13-10-23-16-4-2-1-3-15(13)16/h1-6,9-11H,7-8H2. The van der Waals surface area contributed by atoms with Gasteiger partial charge in [0, 0.05) is 26.6 Å².